The highest BCUT2D eigenvalue weighted by Gasteiger charge is 2.19. The van der Waals surface area contributed by atoms with Gasteiger partial charge in [0.1, 0.15) is 0 Å². The highest BCUT2D eigenvalue weighted by molar-refractivity contribution is 5.74. The lowest BCUT2D eigenvalue weighted by atomic mass is 10.1. The van der Waals surface area contributed by atoms with Gasteiger partial charge < -0.3 is 20.3 Å². The molecule has 3 N–H and O–H groups in total. The van der Waals surface area contributed by atoms with Crippen LogP contribution in [0.2, 0.25) is 0 Å². The molecule has 7 nitrogen and oxygen atoms in total. The van der Waals surface area contributed by atoms with Crippen molar-refractivity contribution in [1.29, 1.82) is 0 Å². The lowest BCUT2D eigenvalue weighted by molar-refractivity contribution is 0.231. The van der Waals surface area contributed by atoms with E-state index in [2.05, 4.69) is 20.8 Å². The van der Waals surface area contributed by atoms with Crippen LogP contribution in [0.3, 0.4) is 0 Å². The van der Waals surface area contributed by atoms with Crippen molar-refractivity contribution in [3.63, 3.8) is 0 Å². The smallest absolute Gasteiger partial charge is 0.315 e. The number of aromatic nitrogens is 2. The fraction of sp³-hybridized carbons (Fsp3) is 0.667. The first-order valence-electron chi connectivity index (χ1n) is 7.74. The molecule has 2 atom stereocenters. The van der Waals surface area contributed by atoms with Gasteiger partial charge in [-0.05, 0) is 12.8 Å². The monoisotopic (exact) mass is 308 g/mol. The third-order valence-corrected chi connectivity index (χ3v) is 3.58. The van der Waals surface area contributed by atoms with Crippen LogP contribution in [0.25, 0.3) is 0 Å². The molecule has 0 saturated carbocycles. The second-order valence-corrected chi connectivity index (χ2v) is 5.87. The molecule has 0 aromatic carbocycles. The number of hydrogen-bond acceptors (Lipinski definition) is 5. The third kappa shape index (κ3) is 4.84. The minimum absolute atomic E-state index is 0.00157. The summed E-state index contributed by atoms with van der Waals surface area (Å²) >= 11 is 0. The minimum atomic E-state index is -0.193. The normalized spacial score (nSPS) is 20.5. The molecule has 0 bridgehead atoms. The van der Waals surface area contributed by atoms with E-state index >= 15 is 0 Å². The van der Waals surface area contributed by atoms with E-state index < -0.39 is 0 Å². The van der Waals surface area contributed by atoms with Crippen molar-refractivity contribution < 1.29 is 14.4 Å². The maximum absolute atomic E-state index is 11.7. The number of aryl methyl sites for hydroxylation is 1. The Morgan fingerprint density at radius 3 is 2.95 bits per heavy atom. The van der Waals surface area contributed by atoms with Crippen LogP contribution in [-0.4, -0.2) is 40.5 Å². The van der Waals surface area contributed by atoms with Gasteiger partial charge in [0.2, 0.25) is 5.89 Å². The molecule has 1 heterocycles. The molecule has 0 spiro atoms. The molecule has 2 amide bonds. The summed E-state index contributed by atoms with van der Waals surface area (Å²) in [5.41, 5.74) is 0. The van der Waals surface area contributed by atoms with E-state index in [0.29, 0.717) is 24.7 Å². The summed E-state index contributed by atoms with van der Waals surface area (Å²) in [6, 6.07) is -0.191. The van der Waals surface area contributed by atoms with Gasteiger partial charge in [0.15, 0.2) is 5.82 Å². The lowest BCUT2D eigenvalue weighted by Crippen LogP contribution is -2.41. The molecular weight excluding hydrogens is 284 g/mol. The fourth-order valence-corrected chi connectivity index (χ4v) is 2.28. The second kappa shape index (κ2) is 7.93. The Morgan fingerprint density at radius 1 is 1.50 bits per heavy atom. The van der Waals surface area contributed by atoms with Gasteiger partial charge in [-0.25, -0.2) is 4.79 Å². The highest BCUT2D eigenvalue weighted by atomic mass is 16.5. The molecule has 122 valence electrons. The molecule has 1 aliphatic rings. The minimum Gasteiger partial charge on any atom is -0.396 e. The molecule has 1 aliphatic carbocycles. The molecule has 0 radical (unpaired) electrons. The number of urea groups is 1. The Balaban J connectivity index is 1.60. The summed E-state index contributed by atoms with van der Waals surface area (Å²) in [6.07, 6.45) is 6.01. The standard InChI is InChI=1S/C15H24N4O3/c1-10(2)14-18-13(22-19-14)4-3-7-16-15(21)17-12-6-5-11(8-12)9-20/h5-6,10-12,20H,3-4,7-9H2,1-2H3,(H2,16,17,21)/t11-,12+/m0/s1. The zero-order valence-electron chi connectivity index (χ0n) is 13.1. The Bertz CT molecular complexity index is 513. The number of rotatable bonds is 7. The predicted octanol–water partition coefficient (Wildman–Crippen LogP) is 1.36. The van der Waals surface area contributed by atoms with E-state index in [9.17, 15) is 4.79 Å². The summed E-state index contributed by atoms with van der Waals surface area (Å²) in [5.74, 6) is 1.73. The van der Waals surface area contributed by atoms with Gasteiger partial charge in [-0.1, -0.05) is 31.2 Å². The van der Waals surface area contributed by atoms with Crippen molar-refractivity contribution in [2.45, 2.75) is 45.1 Å². The van der Waals surface area contributed by atoms with Crippen LogP contribution in [0.5, 0.6) is 0 Å². The molecule has 2 rings (SSSR count). The molecule has 0 saturated heterocycles. The SMILES string of the molecule is CC(C)c1noc(CCCNC(=O)N[C@@H]2C=C[C@H](CO)C2)n1. The summed E-state index contributed by atoms with van der Waals surface area (Å²) in [7, 11) is 0. The van der Waals surface area contributed by atoms with Gasteiger partial charge in [-0.3, -0.25) is 0 Å². The van der Waals surface area contributed by atoms with Gasteiger partial charge in [-0.15, -0.1) is 0 Å². The van der Waals surface area contributed by atoms with Crippen LogP contribution in [-0.2, 0) is 6.42 Å². The van der Waals surface area contributed by atoms with E-state index in [1.165, 1.54) is 0 Å². The van der Waals surface area contributed by atoms with Crippen molar-refractivity contribution in [2.75, 3.05) is 13.2 Å². The average molecular weight is 308 g/mol. The molecule has 0 fully saturated rings. The van der Waals surface area contributed by atoms with Gasteiger partial charge >= 0.3 is 6.03 Å². The van der Waals surface area contributed by atoms with Crippen molar-refractivity contribution in [3.8, 4) is 0 Å². The predicted molar refractivity (Wildman–Crippen MR) is 81.4 cm³/mol. The first-order valence-corrected chi connectivity index (χ1v) is 7.74. The molecule has 0 aliphatic heterocycles. The first kappa shape index (κ1) is 16.5. The number of nitrogens with zero attached hydrogens (tertiary/aromatic N) is 2. The number of carbonyl (C=O) groups is 1. The van der Waals surface area contributed by atoms with Gasteiger partial charge in [0.05, 0.1) is 0 Å². The largest absolute Gasteiger partial charge is 0.396 e. The maximum Gasteiger partial charge on any atom is 0.315 e. The van der Waals surface area contributed by atoms with Crippen LogP contribution >= 0.6 is 0 Å². The molecule has 7 heteroatoms. The average Bonchev–Trinajstić information content (AvgIpc) is 3.12. The molecule has 1 aromatic heterocycles. The molecule has 1 aromatic rings. The highest BCUT2D eigenvalue weighted by Crippen LogP contribution is 2.16. The Hall–Kier alpha value is -1.89. The summed E-state index contributed by atoms with van der Waals surface area (Å²) < 4.78 is 5.14. The quantitative estimate of drug-likeness (QED) is 0.521. The second-order valence-electron chi connectivity index (χ2n) is 5.87. The van der Waals surface area contributed by atoms with Gasteiger partial charge in [0, 0.05) is 37.5 Å². The first-order chi connectivity index (χ1) is 10.6. The summed E-state index contributed by atoms with van der Waals surface area (Å²) in [5, 5.41) is 18.6. The number of carbonyl (C=O) groups excluding carboxylic acids is 1. The number of aliphatic hydroxyl groups excluding tert-OH is 1. The van der Waals surface area contributed by atoms with E-state index in [1.807, 2.05) is 26.0 Å². The third-order valence-electron chi connectivity index (χ3n) is 3.58. The molecular formula is C15H24N4O3. The maximum atomic E-state index is 11.7. The summed E-state index contributed by atoms with van der Waals surface area (Å²) in [6.45, 7) is 4.70. The van der Waals surface area contributed by atoms with E-state index in [4.69, 9.17) is 9.63 Å². The number of amides is 2. The summed E-state index contributed by atoms with van der Waals surface area (Å²) in [4.78, 5) is 16.0. The zero-order valence-corrected chi connectivity index (χ0v) is 13.1. The van der Waals surface area contributed by atoms with Gasteiger partial charge in [-0.2, -0.15) is 4.98 Å². The van der Waals surface area contributed by atoms with E-state index in [-0.39, 0.29) is 30.5 Å². The fourth-order valence-electron chi connectivity index (χ4n) is 2.28. The van der Waals surface area contributed by atoms with E-state index in [0.717, 1.165) is 12.8 Å². The van der Waals surface area contributed by atoms with Crippen molar-refractivity contribution in [1.82, 2.24) is 20.8 Å². The topological polar surface area (TPSA) is 100 Å². The van der Waals surface area contributed by atoms with Crippen LogP contribution in [0.4, 0.5) is 4.79 Å². The van der Waals surface area contributed by atoms with Crippen LogP contribution in [0.1, 0.15) is 44.3 Å². The Labute approximate surface area is 130 Å². The lowest BCUT2D eigenvalue weighted by Gasteiger charge is -2.13. The Kier molecular flexibility index (Phi) is 5.94. The number of aliphatic hydroxyl groups is 1. The van der Waals surface area contributed by atoms with Crippen molar-refractivity contribution in [2.24, 2.45) is 5.92 Å². The zero-order chi connectivity index (χ0) is 15.9. The van der Waals surface area contributed by atoms with Crippen LogP contribution in [0.15, 0.2) is 16.7 Å². The molecule has 0 unspecified atom stereocenters. The van der Waals surface area contributed by atoms with E-state index in [1.54, 1.807) is 0 Å². The molecule has 22 heavy (non-hydrogen) atoms. The number of hydrogen-bond donors (Lipinski definition) is 3. The Morgan fingerprint density at radius 2 is 2.32 bits per heavy atom. The van der Waals surface area contributed by atoms with Crippen LogP contribution in [0, 0.1) is 5.92 Å². The van der Waals surface area contributed by atoms with Crippen molar-refractivity contribution >= 4 is 6.03 Å². The van der Waals surface area contributed by atoms with Gasteiger partial charge in [0.25, 0.3) is 0 Å². The van der Waals surface area contributed by atoms with Crippen molar-refractivity contribution in [3.05, 3.63) is 23.9 Å². The number of nitrogens with one attached hydrogen (secondary N) is 2. The van der Waals surface area contributed by atoms with Crippen LogP contribution < -0.4 is 10.6 Å².